The minimum absolute atomic E-state index is 0.0423. The van der Waals surface area contributed by atoms with Gasteiger partial charge in [-0.3, -0.25) is 10.1 Å². The van der Waals surface area contributed by atoms with Crippen molar-refractivity contribution in [2.45, 2.75) is 31.8 Å². The lowest BCUT2D eigenvalue weighted by Crippen LogP contribution is -2.31. The molecule has 25 heavy (non-hydrogen) atoms. The van der Waals surface area contributed by atoms with Crippen LogP contribution in [0.4, 0.5) is 5.69 Å². The summed E-state index contributed by atoms with van der Waals surface area (Å²) in [4.78, 5) is 13.5. The second kappa shape index (κ2) is 8.23. The van der Waals surface area contributed by atoms with Crippen LogP contribution in [0, 0.1) is 10.1 Å². The van der Waals surface area contributed by atoms with E-state index in [0.29, 0.717) is 17.5 Å². The van der Waals surface area contributed by atoms with E-state index < -0.39 is 6.10 Å². The third-order valence-electron chi connectivity index (χ3n) is 4.86. The van der Waals surface area contributed by atoms with E-state index in [-0.39, 0.29) is 10.6 Å². The highest BCUT2D eigenvalue weighted by atomic mass is 16.6. The molecule has 1 aliphatic rings. The second-order valence-electron chi connectivity index (χ2n) is 6.61. The lowest BCUT2D eigenvalue weighted by atomic mass is 9.98. The van der Waals surface area contributed by atoms with Gasteiger partial charge in [-0.05, 0) is 49.5 Å². The third-order valence-corrected chi connectivity index (χ3v) is 4.86. The Morgan fingerprint density at radius 3 is 2.48 bits per heavy atom. The van der Waals surface area contributed by atoms with Gasteiger partial charge in [0, 0.05) is 12.6 Å². The lowest BCUT2D eigenvalue weighted by Gasteiger charge is -2.27. The molecule has 5 nitrogen and oxygen atoms in total. The summed E-state index contributed by atoms with van der Waals surface area (Å²) in [6.07, 6.45) is 3.64. The van der Waals surface area contributed by atoms with Crippen LogP contribution in [-0.2, 0) is 0 Å². The molecule has 1 atom stereocenters. The zero-order valence-corrected chi connectivity index (χ0v) is 14.3. The first-order valence-electron chi connectivity index (χ1n) is 8.89. The van der Waals surface area contributed by atoms with Gasteiger partial charge in [-0.15, -0.1) is 0 Å². The molecule has 1 N–H and O–H groups in total. The molecule has 0 radical (unpaired) electrons. The molecule has 0 saturated carbocycles. The van der Waals surface area contributed by atoms with Crippen molar-refractivity contribution in [3.05, 3.63) is 64.2 Å². The maximum Gasteiger partial charge on any atom is 0.277 e. The van der Waals surface area contributed by atoms with Crippen LogP contribution in [0.25, 0.3) is 11.1 Å². The number of hydrogen-bond acceptors (Lipinski definition) is 4. The molecule has 0 aliphatic carbocycles. The van der Waals surface area contributed by atoms with Crippen molar-refractivity contribution < 1.29 is 10.0 Å². The molecular weight excluding hydrogens is 316 g/mol. The maximum absolute atomic E-state index is 11.5. The molecule has 0 aromatic heterocycles. The number of hydrogen-bond donors (Lipinski definition) is 1. The molecule has 1 heterocycles. The predicted octanol–water partition coefficient (Wildman–Crippen LogP) is 4.17. The van der Waals surface area contributed by atoms with Gasteiger partial charge in [0.15, 0.2) is 0 Å². The Bertz CT molecular complexity index is 712. The first-order valence-corrected chi connectivity index (χ1v) is 8.89. The highest BCUT2D eigenvalue weighted by molar-refractivity contribution is 5.74. The molecule has 3 rings (SSSR count). The topological polar surface area (TPSA) is 66.6 Å². The highest BCUT2D eigenvalue weighted by Crippen LogP contribution is 2.33. The Kier molecular flexibility index (Phi) is 5.79. The summed E-state index contributed by atoms with van der Waals surface area (Å²) >= 11 is 0. The Morgan fingerprint density at radius 2 is 1.80 bits per heavy atom. The zero-order chi connectivity index (χ0) is 17.6. The van der Waals surface area contributed by atoms with Gasteiger partial charge in [-0.25, -0.2) is 0 Å². The van der Waals surface area contributed by atoms with E-state index in [1.807, 2.05) is 30.3 Å². The summed E-state index contributed by atoms with van der Waals surface area (Å²) in [5.74, 6) is 0. The minimum atomic E-state index is -0.676. The fourth-order valence-electron chi connectivity index (χ4n) is 3.42. The summed E-state index contributed by atoms with van der Waals surface area (Å²) < 4.78 is 0. The first kappa shape index (κ1) is 17.6. The number of piperidine rings is 1. The van der Waals surface area contributed by atoms with E-state index in [1.165, 1.54) is 25.3 Å². The van der Waals surface area contributed by atoms with Gasteiger partial charge in [0.25, 0.3) is 5.69 Å². The smallest absolute Gasteiger partial charge is 0.277 e. The van der Waals surface area contributed by atoms with Gasteiger partial charge >= 0.3 is 0 Å². The Labute approximate surface area is 148 Å². The average molecular weight is 340 g/mol. The predicted molar refractivity (Wildman–Crippen MR) is 98.4 cm³/mol. The molecule has 1 unspecified atom stereocenters. The fourth-order valence-corrected chi connectivity index (χ4v) is 3.42. The van der Waals surface area contributed by atoms with Crippen LogP contribution in [0.3, 0.4) is 0 Å². The standard InChI is InChI=1S/C20H24N2O3/c23-20(11-14-21-12-5-2-6-13-21)17-9-10-18(19(15-17)22(24)25)16-7-3-1-4-8-16/h1,3-4,7-10,15,20,23H,2,5-6,11-14H2. The van der Waals surface area contributed by atoms with E-state index in [2.05, 4.69) is 4.90 Å². The number of nitro benzene ring substituents is 1. The molecule has 2 aromatic carbocycles. The number of nitrogens with zero attached hydrogens (tertiary/aromatic N) is 2. The van der Waals surface area contributed by atoms with E-state index in [9.17, 15) is 15.2 Å². The molecule has 132 valence electrons. The minimum Gasteiger partial charge on any atom is -0.388 e. The van der Waals surface area contributed by atoms with Gasteiger partial charge in [0.2, 0.25) is 0 Å². The third kappa shape index (κ3) is 4.44. The fraction of sp³-hybridized carbons (Fsp3) is 0.400. The summed E-state index contributed by atoms with van der Waals surface area (Å²) in [7, 11) is 0. The van der Waals surface area contributed by atoms with Crippen molar-refractivity contribution in [1.82, 2.24) is 4.90 Å². The van der Waals surface area contributed by atoms with E-state index in [0.717, 1.165) is 25.2 Å². The molecular formula is C20H24N2O3. The lowest BCUT2D eigenvalue weighted by molar-refractivity contribution is -0.384. The number of aliphatic hydroxyl groups excluding tert-OH is 1. The summed E-state index contributed by atoms with van der Waals surface area (Å²) in [5.41, 5.74) is 2.05. The van der Waals surface area contributed by atoms with Crippen LogP contribution in [0.2, 0.25) is 0 Å². The van der Waals surface area contributed by atoms with E-state index in [4.69, 9.17) is 0 Å². The largest absolute Gasteiger partial charge is 0.388 e. The summed E-state index contributed by atoms with van der Waals surface area (Å²) in [6, 6.07) is 14.4. The van der Waals surface area contributed by atoms with Crippen LogP contribution in [0.5, 0.6) is 0 Å². The normalized spacial score (nSPS) is 16.5. The Balaban J connectivity index is 1.75. The number of aliphatic hydroxyl groups is 1. The van der Waals surface area contributed by atoms with Gasteiger partial charge in [0.05, 0.1) is 16.6 Å². The van der Waals surface area contributed by atoms with E-state index >= 15 is 0 Å². The summed E-state index contributed by atoms with van der Waals surface area (Å²) in [6.45, 7) is 3.00. The Hall–Kier alpha value is -2.24. The van der Waals surface area contributed by atoms with Crippen LogP contribution in [0.15, 0.2) is 48.5 Å². The molecule has 1 fully saturated rings. The maximum atomic E-state index is 11.5. The van der Waals surface area contributed by atoms with Crippen molar-refractivity contribution >= 4 is 5.69 Å². The first-order chi connectivity index (χ1) is 12.1. The number of nitro groups is 1. The number of likely N-dealkylation sites (tertiary alicyclic amines) is 1. The molecule has 1 saturated heterocycles. The van der Waals surface area contributed by atoms with Gasteiger partial charge in [-0.1, -0.05) is 42.8 Å². The van der Waals surface area contributed by atoms with Crippen molar-refractivity contribution in [2.75, 3.05) is 19.6 Å². The van der Waals surface area contributed by atoms with Crippen molar-refractivity contribution in [1.29, 1.82) is 0 Å². The quantitative estimate of drug-likeness (QED) is 0.633. The Morgan fingerprint density at radius 1 is 1.08 bits per heavy atom. The molecule has 2 aromatic rings. The van der Waals surface area contributed by atoms with Gasteiger partial charge < -0.3 is 10.0 Å². The van der Waals surface area contributed by atoms with Crippen LogP contribution in [-0.4, -0.2) is 34.6 Å². The van der Waals surface area contributed by atoms with Crippen LogP contribution >= 0.6 is 0 Å². The van der Waals surface area contributed by atoms with Crippen molar-refractivity contribution in [3.63, 3.8) is 0 Å². The SMILES string of the molecule is O=[N+]([O-])c1cc(C(O)CCN2CCCCC2)ccc1-c1ccccc1. The molecule has 1 aliphatic heterocycles. The molecule has 0 amide bonds. The van der Waals surface area contributed by atoms with Gasteiger partial charge in [-0.2, -0.15) is 0 Å². The van der Waals surface area contributed by atoms with Gasteiger partial charge in [0.1, 0.15) is 0 Å². The highest BCUT2D eigenvalue weighted by Gasteiger charge is 2.20. The monoisotopic (exact) mass is 340 g/mol. The van der Waals surface area contributed by atoms with Crippen LogP contribution < -0.4 is 0 Å². The molecule has 5 heteroatoms. The number of rotatable bonds is 6. The van der Waals surface area contributed by atoms with Crippen molar-refractivity contribution in [2.24, 2.45) is 0 Å². The van der Waals surface area contributed by atoms with E-state index in [1.54, 1.807) is 12.1 Å². The number of benzene rings is 2. The zero-order valence-electron chi connectivity index (χ0n) is 14.3. The molecule has 0 bridgehead atoms. The second-order valence-corrected chi connectivity index (χ2v) is 6.61. The summed E-state index contributed by atoms with van der Waals surface area (Å²) in [5, 5.41) is 22.0. The molecule has 0 spiro atoms. The average Bonchev–Trinajstić information content (AvgIpc) is 2.67. The van der Waals surface area contributed by atoms with Crippen molar-refractivity contribution in [3.8, 4) is 11.1 Å². The van der Waals surface area contributed by atoms with Crippen LogP contribution in [0.1, 0.15) is 37.4 Å².